The number of aryl methyl sites for hydroxylation is 1. The van der Waals surface area contributed by atoms with Crippen molar-refractivity contribution in [2.75, 3.05) is 0 Å². The highest BCUT2D eigenvalue weighted by molar-refractivity contribution is 5.76. The number of benzene rings is 2. The monoisotopic (exact) mass is 404 g/mol. The fourth-order valence-electron chi connectivity index (χ4n) is 3.13. The zero-order valence-electron chi connectivity index (χ0n) is 16.4. The number of nitrogens with zero attached hydrogens (tertiary/aromatic N) is 2. The van der Waals surface area contributed by atoms with Crippen molar-refractivity contribution in [1.29, 1.82) is 0 Å². The largest absolute Gasteiger partial charge is 0.441 e. The van der Waals surface area contributed by atoms with E-state index in [-0.39, 0.29) is 24.2 Å². The minimum atomic E-state index is -0.375. The number of aromatic amines is 1. The first-order chi connectivity index (χ1) is 14.6. The third kappa shape index (κ3) is 4.46. The summed E-state index contributed by atoms with van der Waals surface area (Å²) in [5.74, 6) is 0.896. The van der Waals surface area contributed by atoms with Gasteiger partial charge in [-0.05, 0) is 24.6 Å². The molecule has 1 atom stereocenters. The highest BCUT2D eigenvalue weighted by Crippen LogP contribution is 2.24. The molecule has 4 rings (SSSR count). The molecule has 0 fully saturated rings. The average Bonchev–Trinajstić information content (AvgIpc) is 3.43. The number of nitrogens with one attached hydrogen (secondary N) is 2. The van der Waals surface area contributed by atoms with E-state index >= 15 is 0 Å². The molecule has 0 spiro atoms. The van der Waals surface area contributed by atoms with E-state index in [0.717, 1.165) is 11.3 Å². The first-order valence-corrected chi connectivity index (χ1v) is 9.69. The topological polar surface area (TPSA) is 83.8 Å². The molecular weight excluding hydrogens is 383 g/mol. The van der Waals surface area contributed by atoms with Gasteiger partial charge in [0.1, 0.15) is 11.6 Å². The maximum Gasteiger partial charge on any atom is 0.221 e. The first kappa shape index (κ1) is 19.6. The Morgan fingerprint density at radius 1 is 1.10 bits per heavy atom. The van der Waals surface area contributed by atoms with E-state index in [4.69, 9.17) is 4.42 Å². The Morgan fingerprint density at radius 2 is 1.87 bits per heavy atom. The highest BCUT2D eigenvalue weighted by atomic mass is 19.1. The minimum Gasteiger partial charge on any atom is -0.441 e. The number of carbonyl (C=O) groups is 1. The maximum absolute atomic E-state index is 13.9. The highest BCUT2D eigenvalue weighted by Gasteiger charge is 2.15. The second-order valence-electron chi connectivity index (χ2n) is 6.94. The summed E-state index contributed by atoms with van der Waals surface area (Å²) < 4.78 is 19.4. The van der Waals surface area contributed by atoms with Gasteiger partial charge in [0, 0.05) is 12.8 Å². The number of imidazole rings is 1. The number of halogens is 1. The number of hydrogen-bond acceptors (Lipinski definition) is 4. The Balaban J connectivity index is 1.32. The van der Waals surface area contributed by atoms with Crippen molar-refractivity contribution in [3.8, 4) is 22.6 Å². The summed E-state index contributed by atoms with van der Waals surface area (Å²) >= 11 is 0. The zero-order chi connectivity index (χ0) is 20.9. The Bertz CT molecular complexity index is 1140. The van der Waals surface area contributed by atoms with E-state index in [0.29, 0.717) is 29.5 Å². The second-order valence-corrected chi connectivity index (χ2v) is 6.94. The van der Waals surface area contributed by atoms with Crippen LogP contribution in [0.1, 0.15) is 31.1 Å². The second kappa shape index (κ2) is 8.73. The average molecular weight is 404 g/mol. The Morgan fingerprint density at radius 3 is 2.67 bits per heavy atom. The molecule has 0 bridgehead atoms. The third-order valence-electron chi connectivity index (χ3n) is 4.73. The van der Waals surface area contributed by atoms with Crippen molar-refractivity contribution in [2.24, 2.45) is 0 Å². The van der Waals surface area contributed by atoms with Crippen LogP contribution in [0.25, 0.3) is 22.6 Å². The van der Waals surface area contributed by atoms with Crippen LogP contribution in [0.5, 0.6) is 0 Å². The standard InChI is InChI=1S/C23H21FN4O2/c1-15(23-26-13-19(28-23)16-7-3-2-4-8-16)27-21(29)11-12-22-25-14-20(30-22)17-9-5-6-10-18(17)24/h2-10,13-15H,11-12H2,1H3,(H,26,28)(H,27,29). The van der Waals surface area contributed by atoms with Crippen molar-refractivity contribution in [3.05, 3.63) is 84.5 Å². The first-order valence-electron chi connectivity index (χ1n) is 9.69. The van der Waals surface area contributed by atoms with Crippen molar-refractivity contribution in [3.63, 3.8) is 0 Å². The number of hydrogen-bond donors (Lipinski definition) is 2. The fourth-order valence-corrected chi connectivity index (χ4v) is 3.13. The van der Waals surface area contributed by atoms with Crippen LogP contribution in [0.2, 0.25) is 0 Å². The Labute approximate surface area is 173 Å². The number of amides is 1. The maximum atomic E-state index is 13.9. The number of aromatic nitrogens is 3. The van der Waals surface area contributed by atoms with Crippen molar-refractivity contribution in [2.45, 2.75) is 25.8 Å². The lowest BCUT2D eigenvalue weighted by Gasteiger charge is -2.11. The van der Waals surface area contributed by atoms with E-state index < -0.39 is 0 Å². The summed E-state index contributed by atoms with van der Waals surface area (Å²) in [5, 5.41) is 2.92. The van der Waals surface area contributed by atoms with Gasteiger partial charge in [0.25, 0.3) is 0 Å². The molecule has 0 saturated carbocycles. The summed E-state index contributed by atoms with van der Waals surface area (Å²) in [5.41, 5.74) is 2.28. The molecule has 0 aliphatic heterocycles. The minimum absolute atomic E-state index is 0.147. The van der Waals surface area contributed by atoms with Gasteiger partial charge in [-0.25, -0.2) is 14.4 Å². The Kier molecular flexibility index (Phi) is 5.70. The van der Waals surface area contributed by atoms with E-state index in [2.05, 4.69) is 20.3 Å². The zero-order valence-corrected chi connectivity index (χ0v) is 16.4. The molecule has 6 nitrogen and oxygen atoms in total. The normalized spacial score (nSPS) is 11.9. The molecule has 7 heteroatoms. The van der Waals surface area contributed by atoms with Crippen LogP contribution in [-0.4, -0.2) is 20.9 Å². The SMILES string of the molecule is CC(NC(=O)CCc1ncc(-c2ccccc2F)o1)c1ncc(-c2ccccc2)[nH]1. The van der Waals surface area contributed by atoms with Gasteiger partial charge in [-0.3, -0.25) is 4.79 Å². The summed E-state index contributed by atoms with van der Waals surface area (Å²) in [4.78, 5) is 24.1. The molecule has 1 amide bonds. The lowest BCUT2D eigenvalue weighted by Crippen LogP contribution is -2.27. The van der Waals surface area contributed by atoms with Gasteiger partial charge in [0.2, 0.25) is 5.91 Å². The fraction of sp³-hybridized carbons (Fsp3) is 0.174. The van der Waals surface area contributed by atoms with Crippen LogP contribution in [0, 0.1) is 5.82 Å². The molecule has 0 aliphatic carbocycles. The lowest BCUT2D eigenvalue weighted by atomic mass is 10.2. The summed E-state index contributed by atoms with van der Waals surface area (Å²) in [7, 11) is 0. The molecule has 2 N–H and O–H groups in total. The lowest BCUT2D eigenvalue weighted by molar-refractivity contribution is -0.121. The quantitative estimate of drug-likeness (QED) is 0.468. The van der Waals surface area contributed by atoms with Gasteiger partial charge in [0.05, 0.1) is 29.7 Å². The number of rotatable bonds is 7. The molecule has 2 aromatic carbocycles. The van der Waals surface area contributed by atoms with Gasteiger partial charge < -0.3 is 14.7 Å². The van der Waals surface area contributed by atoms with Gasteiger partial charge >= 0.3 is 0 Å². The van der Waals surface area contributed by atoms with Gasteiger partial charge in [0.15, 0.2) is 11.7 Å². The predicted molar refractivity (Wildman–Crippen MR) is 111 cm³/mol. The van der Waals surface area contributed by atoms with Gasteiger partial charge in [-0.1, -0.05) is 42.5 Å². The smallest absolute Gasteiger partial charge is 0.221 e. The van der Waals surface area contributed by atoms with Gasteiger partial charge in [-0.15, -0.1) is 0 Å². The predicted octanol–water partition coefficient (Wildman–Crippen LogP) is 4.68. The molecule has 1 unspecified atom stereocenters. The third-order valence-corrected chi connectivity index (χ3v) is 4.73. The van der Waals surface area contributed by atoms with Crippen LogP contribution < -0.4 is 5.32 Å². The van der Waals surface area contributed by atoms with Crippen LogP contribution in [0.4, 0.5) is 4.39 Å². The number of H-pyrrole nitrogens is 1. The summed E-state index contributed by atoms with van der Waals surface area (Å²) in [6.07, 6.45) is 3.75. The molecule has 0 radical (unpaired) electrons. The molecule has 2 heterocycles. The number of carbonyl (C=O) groups excluding carboxylic acids is 1. The molecule has 4 aromatic rings. The van der Waals surface area contributed by atoms with Crippen LogP contribution in [0.15, 0.2) is 71.4 Å². The van der Waals surface area contributed by atoms with E-state index in [1.54, 1.807) is 24.4 Å². The van der Waals surface area contributed by atoms with E-state index in [1.807, 2.05) is 37.3 Å². The van der Waals surface area contributed by atoms with E-state index in [9.17, 15) is 9.18 Å². The van der Waals surface area contributed by atoms with Crippen molar-refractivity contribution >= 4 is 5.91 Å². The van der Waals surface area contributed by atoms with Crippen molar-refractivity contribution < 1.29 is 13.6 Å². The molecule has 0 saturated heterocycles. The number of oxazole rings is 1. The Hall–Kier alpha value is -3.74. The molecule has 0 aliphatic rings. The summed E-state index contributed by atoms with van der Waals surface area (Å²) in [6, 6.07) is 15.9. The molecule has 152 valence electrons. The molecule has 2 aromatic heterocycles. The summed E-state index contributed by atoms with van der Waals surface area (Å²) in [6.45, 7) is 1.87. The van der Waals surface area contributed by atoms with Crippen LogP contribution in [-0.2, 0) is 11.2 Å². The van der Waals surface area contributed by atoms with Crippen LogP contribution >= 0.6 is 0 Å². The molecule has 30 heavy (non-hydrogen) atoms. The van der Waals surface area contributed by atoms with E-state index in [1.165, 1.54) is 12.3 Å². The van der Waals surface area contributed by atoms with Gasteiger partial charge in [-0.2, -0.15) is 0 Å². The van der Waals surface area contributed by atoms with Crippen LogP contribution in [0.3, 0.4) is 0 Å². The van der Waals surface area contributed by atoms with Crippen molar-refractivity contribution in [1.82, 2.24) is 20.3 Å². The molecular formula is C23H21FN4O2.